The van der Waals surface area contributed by atoms with Crippen molar-refractivity contribution in [3.8, 4) is 11.5 Å². The predicted octanol–water partition coefficient (Wildman–Crippen LogP) is 2.33. The van der Waals surface area contributed by atoms with E-state index in [2.05, 4.69) is 11.9 Å². The van der Waals surface area contributed by atoms with E-state index in [0.29, 0.717) is 28.8 Å². The Labute approximate surface area is 124 Å². The Morgan fingerprint density at radius 1 is 1.25 bits per heavy atom. The van der Waals surface area contributed by atoms with E-state index in [-0.39, 0.29) is 12.5 Å². The van der Waals surface area contributed by atoms with Gasteiger partial charge in [-0.05, 0) is 7.05 Å². The Kier molecular flexibility index (Phi) is 6.35. The zero-order valence-electron chi connectivity index (χ0n) is 11.9. The Balaban J connectivity index is 2.67. The maximum absolute atomic E-state index is 11.9. The van der Waals surface area contributed by atoms with Crippen LogP contribution in [0.25, 0.3) is 0 Å². The highest BCUT2D eigenvalue weighted by Gasteiger charge is 2.09. The molecule has 0 saturated heterocycles. The van der Waals surface area contributed by atoms with Gasteiger partial charge < -0.3 is 14.8 Å². The summed E-state index contributed by atoms with van der Waals surface area (Å²) in [5.41, 5.74) is 0.615. The van der Waals surface area contributed by atoms with Crippen LogP contribution in [0.2, 0.25) is 0 Å². The lowest BCUT2D eigenvalue weighted by molar-refractivity contribution is -0.116. The highest BCUT2D eigenvalue weighted by molar-refractivity contribution is 6.29. The first kappa shape index (κ1) is 16.3. The fraction of sp³-hybridized carbons (Fsp3) is 0.357. The molecule has 0 aliphatic heterocycles. The quantitative estimate of drug-likeness (QED) is 0.839. The minimum atomic E-state index is -0.152. The number of rotatable bonds is 7. The average Bonchev–Trinajstić information content (AvgIpc) is 2.36. The minimum Gasteiger partial charge on any atom is -0.497 e. The van der Waals surface area contributed by atoms with Crippen molar-refractivity contribution in [3.63, 3.8) is 0 Å². The number of hydrogen-bond donors (Lipinski definition) is 1. The molecule has 0 bridgehead atoms. The number of hydrogen-bond acceptors (Lipinski definition) is 4. The molecule has 1 N–H and O–H groups in total. The summed E-state index contributed by atoms with van der Waals surface area (Å²) in [7, 11) is 4.90. The van der Waals surface area contributed by atoms with E-state index >= 15 is 0 Å². The molecule has 0 saturated carbocycles. The van der Waals surface area contributed by atoms with Crippen LogP contribution in [0.1, 0.15) is 0 Å². The topological polar surface area (TPSA) is 50.8 Å². The second-order valence-electron chi connectivity index (χ2n) is 4.34. The molecule has 6 heteroatoms. The molecular formula is C14H19ClN2O3. The first-order valence-corrected chi connectivity index (χ1v) is 6.37. The van der Waals surface area contributed by atoms with Gasteiger partial charge in [-0.3, -0.25) is 9.69 Å². The number of likely N-dealkylation sites (N-methyl/N-ethyl adjacent to an activating group) is 1. The van der Waals surface area contributed by atoms with Crippen LogP contribution in [0.3, 0.4) is 0 Å². The molecule has 110 valence electrons. The number of carbonyl (C=O) groups excluding carboxylic acids is 1. The highest BCUT2D eigenvalue weighted by Crippen LogP contribution is 2.25. The Hall–Kier alpha value is -1.72. The van der Waals surface area contributed by atoms with Crippen LogP contribution >= 0.6 is 11.6 Å². The SMILES string of the molecule is C=C(Cl)CN(C)CC(=O)Nc1cc(OC)cc(OC)c1. The average molecular weight is 299 g/mol. The maximum Gasteiger partial charge on any atom is 0.238 e. The molecule has 1 aromatic rings. The van der Waals surface area contributed by atoms with E-state index in [1.807, 2.05) is 0 Å². The monoisotopic (exact) mass is 298 g/mol. The molecule has 1 amide bonds. The van der Waals surface area contributed by atoms with Gasteiger partial charge in [-0.1, -0.05) is 18.2 Å². The van der Waals surface area contributed by atoms with E-state index in [1.165, 1.54) is 0 Å². The summed E-state index contributed by atoms with van der Waals surface area (Å²) in [5, 5.41) is 3.27. The molecule has 1 rings (SSSR count). The summed E-state index contributed by atoms with van der Waals surface area (Å²) in [4.78, 5) is 13.7. The smallest absolute Gasteiger partial charge is 0.238 e. The van der Waals surface area contributed by atoms with E-state index in [4.69, 9.17) is 21.1 Å². The van der Waals surface area contributed by atoms with Crippen molar-refractivity contribution in [2.45, 2.75) is 0 Å². The van der Waals surface area contributed by atoms with Gasteiger partial charge in [-0.15, -0.1) is 0 Å². The number of nitrogens with one attached hydrogen (secondary N) is 1. The molecule has 0 unspecified atom stereocenters. The van der Waals surface area contributed by atoms with Crippen LogP contribution < -0.4 is 14.8 Å². The molecule has 0 radical (unpaired) electrons. The number of anilines is 1. The van der Waals surface area contributed by atoms with Gasteiger partial charge >= 0.3 is 0 Å². The molecule has 0 atom stereocenters. The molecule has 20 heavy (non-hydrogen) atoms. The van der Waals surface area contributed by atoms with Crippen molar-refractivity contribution in [2.24, 2.45) is 0 Å². The van der Waals surface area contributed by atoms with Crippen molar-refractivity contribution >= 4 is 23.2 Å². The van der Waals surface area contributed by atoms with Crippen LogP contribution in [0.5, 0.6) is 11.5 Å². The van der Waals surface area contributed by atoms with Gasteiger partial charge in [0.25, 0.3) is 0 Å². The molecule has 0 heterocycles. The molecular weight excluding hydrogens is 280 g/mol. The first-order chi connectivity index (χ1) is 9.44. The van der Waals surface area contributed by atoms with Crippen LogP contribution in [-0.2, 0) is 4.79 Å². The molecule has 0 aliphatic carbocycles. The van der Waals surface area contributed by atoms with Crippen LogP contribution in [-0.4, -0.2) is 45.2 Å². The number of halogens is 1. The summed E-state index contributed by atoms with van der Waals surface area (Å²) in [5.74, 6) is 1.07. The number of ether oxygens (including phenoxy) is 2. The maximum atomic E-state index is 11.9. The van der Waals surface area contributed by atoms with Gasteiger partial charge in [-0.25, -0.2) is 0 Å². The van der Waals surface area contributed by atoms with Crippen molar-refractivity contribution < 1.29 is 14.3 Å². The third kappa shape index (κ3) is 5.50. The van der Waals surface area contributed by atoms with Crippen molar-refractivity contribution in [1.29, 1.82) is 0 Å². The van der Waals surface area contributed by atoms with Gasteiger partial charge in [0.15, 0.2) is 0 Å². The molecule has 5 nitrogen and oxygen atoms in total. The Morgan fingerprint density at radius 2 is 1.80 bits per heavy atom. The Morgan fingerprint density at radius 3 is 2.25 bits per heavy atom. The standard InChI is InChI=1S/C14H19ClN2O3/c1-10(15)8-17(2)9-14(18)16-11-5-12(19-3)7-13(6-11)20-4/h5-7H,1,8-9H2,2-4H3,(H,16,18). The Bertz CT molecular complexity index is 469. The lowest BCUT2D eigenvalue weighted by Crippen LogP contribution is -2.30. The second kappa shape index (κ2) is 7.77. The molecule has 0 fully saturated rings. The van der Waals surface area contributed by atoms with E-state index in [1.54, 1.807) is 44.4 Å². The first-order valence-electron chi connectivity index (χ1n) is 5.99. The predicted molar refractivity (Wildman–Crippen MR) is 80.7 cm³/mol. The van der Waals surface area contributed by atoms with Crippen molar-refractivity contribution in [2.75, 3.05) is 39.7 Å². The molecule has 0 aliphatic rings. The van der Waals surface area contributed by atoms with Gasteiger partial charge in [0.2, 0.25) is 5.91 Å². The van der Waals surface area contributed by atoms with E-state index in [0.717, 1.165) is 0 Å². The number of carbonyl (C=O) groups is 1. The number of benzene rings is 1. The number of nitrogens with zero attached hydrogens (tertiary/aromatic N) is 1. The third-order valence-corrected chi connectivity index (χ3v) is 2.61. The largest absolute Gasteiger partial charge is 0.497 e. The third-order valence-electron chi connectivity index (χ3n) is 2.49. The fourth-order valence-electron chi connectivity index (χ4n) is 1.67. The molecule has 0 aromatic heterocycles. The van der Waals surface area contributed by atoms with Crippen LogP contribution in [0.15, 0.2) is 29.8 Å². The summed E-state index contributed by atoms with van der Waals surface area (Å²) in [6.07, 6.45) is 0. The normalized spacial score (nSPS) is 10.2. The number of amides is 1. The zero-order chi connectivity index (χ0) is 15.1. The van der Waals surface area contributed by atoms with Gasteiger partial charge in [0.05, 0.1) is 20.8 Å². The van der Waals surface area contributed by atoms with Crippen LogP contribution in [0.4, 0.5) is 5.69 Å². The van der Waals surface area contributed by atoms with Gasteiger partial charge in [-0.2, -0.15) is 0 Å². The van der Waals surface area contributed by atoms with Gasteiger partial charge in [0, 0.05) is 35.5 Å². The summed E-state index contributed by atoms with van der Waals surface area (Å²) < 4.78 is 10.3. The lowest BCUT2D eigenvalue weighted by atomic mass is 10.2. The number of methoxy groups -OCH3 is 2. The van der Waals surface area contributed by atoms with E-state index < -0.39 is 0 Å². The van der Waals surface area contributed by atoms with Crippen LogP contribution in [0, 0.1) is 0 Å². The zero-order valence-corrected chi connectivity index (χ0v) is 12.7. The van der Waals surface area contributed by atoms with Crippen molar-refractivity contribution in [1.82, 2.24) is 4.90 Å². The molecule has 0 spiro atoms. The summed E-state index contributed by atoms with van der Waals surface area (Å²) in [6, 6.07) is 5.18. The highest BCUT2D eigenvalue weighted by atomic mass is 35.5. The fourth-order valence-corrected chi connectivity index (χ4v) is 1.88. The summed E-state index contributed by atoms with van der Waals surface area (Å²) in [6.45, 7) is 4.26. The summed E-state index contributed by atoms with van der Waals surface area (Å²) >= 11 is 5.69. The molecule has 1 aromatic carbocycles. The van der Waals surface area contributed by atoms with Crippen molar-refractivity contribution in [3.05, 3.63) is 29.8 Å². The lowest BCUT2D eigenvalue weighted by Gasteiger charge is -2.16. The van der Waals surface area contributed by atoms with E-state index in [9.17, 15) is 4.79 Å². The second-order valence-corrected chi connectivity index (χ2v) is 4.87. The van der Waals surface area contributed by atoms with Gasteiger partial charge in [0.1, 0.15) is 11.5 Å². The minimum absolute atomic E-state index is 0.152.